The molecule has 1 atom stereocenters. The van der Waals surface area contributed by atoms with Crippen LogP contribution in [0.1, 0.15) is 22.5 Å². The van der Waals surface area contributed by atoms with E-state index in [0.717, 1.165) is 11.1 Å². The molecule has 10 nitrogen and oxygen atoms in total. The molecule has 0 bridgehead atoms. The zero-order valence-corrected chi connectivity index (χ0v) is 16.8. The maximum atomic E-state index is 12.8. The molecular formula is C21H19N7O3. The third-order valence-corrected chi connectivity index (χ3v) is 5.04. The van der Waals surface area contributed by atoms with Crippen molar-refractivity contribution in [3.8, 4) is 16.9 Å². The first-order valence-electron chi connectivity index (χ1n) is 9.75. The van der Waals surface area contributed by atoms with Gasteiger partial charge in [0.1, 0.15) is 6.10 Å². The van der Waals surface area contributed by atoms with Crippen LogP contribution < -0.4 is 4.74 Å². The van der Waals surface area contributed by atoms with Crippen molar-refractivity contribution in [2.75, 3.05) is 26.8 Å². The predicted octanol–water partition coefficient (Wildman–Crippen LogP) is 1.80. The zero-order chi connectivity index (χ0) is 21.2. The van der Waals surface area contributed by atoms with E-state index in [0.29, 0.717) is 36.9 Å². The predicted molar refractivity (Wildman–Crippen MR) is 109 cm³/mol. The summed E-state index contributed by atoms with van der Waals surface area (Å²) in [6.07, 6.45) is 7.95. The lowest BCUT2D eigenvalue weighted by Crippen LogP contribution is -2.43. The molecule has 0 aliphatic carbocycles. The molecule has 0 aromatic carbocycles. The highest BCUT2D eigenvalue weighted by atomic mass is 16.5. The largest absolute Gasteiger partial charge is 0.494 e. The van der Waals surface area contributed by atoms with Crippen molar-refractivity contribution in [3.05, 3.63) is 66.9 Å². The molecule has 1 aliphatic heterocycles. The fraction of sp³-hybridized carbons (Fsp3) is 0.238. The molecule has 1 aliphatic rings. The van der Waals surface area contributed by atoms with Crippen LogP contribution in [-0.4, -0.2) is 67.2 Å². The summed E-state index contributed by atoms with van der Waals surface area (Å²) < 4.78 is 12.6. The van der Waals surface area contributed by atoms with Crippen LogP contribution >= 0.6 is 0 Å². The van der Waals surface area contributed by atoms with Crippen LogP contribution in [0.4, 0.5) is 0 Å². The summed E-state index contributed by atoms with van der Waals surface area (Å²) in [6, 6.07) is 7.75. The minimum absolute atomic E-state index is 0.116. The lowest BCUT2D eigenvalue weighted by molar-refractivity contribution is -0.0270. The highest BCUT2D eigenvalue weighted by molar-refractivity contribution is 5.90. The van der Waals surface area contributed by atoms with Crippen LogP contribution in [0.2, 0.25) is 0 Å². The van der Waals surface area contributed by atoms with Crippen LogP contribution in [0.3, 0.4) is 0 Å². The van der Waals surface area contributed by atoms with Crippen LogP contribution in [-0.2, 0) is 4.74 Å². The Labute approximate surface area is 177 Å². The first-order chi connectivity index (χ1) is 15.2. The summed E-state index contributed by atoms with van der Waals surface area (Å²) in [6.45, 7) is 1.15. The Balaban J connectivity index is 1.36. The number of morpholine rings is 1. The highest BCUT2D eigenvalue weighted by Crippen LogP contribution is 2.23. The van der Waals surface area contributed by atoms with Gasteiger partial charge in [0.05, 0.1) is 32.7 Å². The molecular weight excluding hydrogens is 398 g/mol. The standard InChI is InChI=1S/C21H19N7O3/c1-30-16-10-23-20(24-11-16)21(29)27-7-8-31-17(13-27)19-25-18-5-4-15(12-28(18)26-19)14-3-2-6-22-9-14/h2-6,9-12,17H,7-8,13H2,1H3. The zero-order valence-electron chi connectivity index (χ0n) is 16.8. The summed E-state index contributed by atoms with van der Waals surface area (Å²) in [5.41, 5.74) is 2.68. The average Bonchev–Trinajstić information content (AvgIpc) is 3.28. The molecule has 1 unspecified atom stereocenters. The summed E-state index contributed by atoms with van der Waals surface area (Å²) in [7, 11) is 1.52. The Morgan fingerprint density at radius 3 is 2.81 bits per heavy atom. The number of ether oxygens (including phenoxy) is 2. The van der Waals surface area contributed by atoms with Crippen molar-refractivity contribution in [3.63, 3.8) is 0 Å². The molecule has 0 spiro atoms. The number of carbonyl (C=O) groups excluding carboxylic acids is 1. The van der Waals surface area contributed by atoms with Crippen molar-refractivity contribution < 1.29 is 14.3 Å². The monoisotopic (exact) mass is 417 g/mol. The van der Waals surface area contributed by atoms with Gasteiger partial charge in [0, 0.05) is 36.3 Å². The molecule has 5 heterocycles. The number of amides is 1. The second-order valence-electron chi connectivity index (χ2n) is 6.99. The fourth-order valence-corrected chi connectivity index (χ4v) is 3.40. The van der Waals surface area contributed by atoms with Gasteiger partial charge in [-0.15, -0.1) is 5.10 Å². The Morgan fingerprint density at radius 2 is 2.03 bits per heavy atom. The van der Waals surface area contributed by atoms with E-state index < -0.39 is 6.10 Å². The number of fused-ring (bicyclic) bond motifs is 1. The van der Waals surface area contributed by atoms with Gasteiger partial charge in [0.25, 0.3) is 5.91 Å². The molecule has 0 saturated carbocycles. The van der Waals surface area contributed by atoms with E-state index in [1.54, 1.807) is 21.8 Å². The number of aromatic nitrogens is 6. The van der Waals surface area contributed by atoms with Gasteiger partial charge in [-0.3, -0.25) is 9.78 Å². The van der Waals surface area contributed by atoms with E-state index >= 15 is 0 Å². The molecule has 4 aromatic heterocycles. The molecule has 0 radical (unpaired) electrons. The molecule has 1 amide bonds. The minimum Gasteiger partial charge on any atom is -0.494 e. The fourth-order valence-electron chi connectivity index (χ4n) is 3.40. The first-order valence-corrected chi connectivity index (χ1v) is 9.75. The van der Waals surface area contributed by atoms with Gasteiger partial charge in [0.2, 0.25) is 5.82 Å². The molecule has 0 N–H and O–H groups in total. The van der Waals surface area contributed by atoms with Gasteiger partial charge in [-0.05, 0) is 18.2 Å². The van der Waals surface area contributed by atoms with Crippen LogP contribution in [0, 0.1) is 0 Å². The SMILES string of the molecule is COc1cnc(C(=O)N2CCOC(c3nc4ccc(-c5cccnc5)cn4n3)C2)nc1. The Hall–Kier alpha value is -3.92. The van der Waals surface area contributed by atoms with Crippen molar-refractivity contribution in [1.82, 2.24) is 34.4 Å². The summed E-state index contributed by atoms with van der Waals surface area (Å²) in [5.74, 6) is 0.872. The van der Waals surface area contributed by atoms with Gasteiger partial charge < -0.3 is 14.4 Å². The van der Waals surface area contributed by atoms with Gasteiger partial charge in [-0.25, -0.2) is 19.5 Å². The lowest BCUT2D eigenvalue weighted by atomic mass is 10.1. The van der Waals surface area contributed by atoms with E-state index in [1.165, 1.54) is 19.5 Å². The quantitative estimate of drug-likeness (QED) is 0.495. The summed E-state index contributed by atoms with van der Waals surface area (Å²) in [5, 5.41) is 4.59. The maximum absolute atomic E-state index is 12.8. The first kappa shape index (κ1) is 19.1. The number of rotatable bonds is 4. The Kier molecular flexibility index (Phi) is 4.97. The summed E-state index contributed by atoms with van der Waals surface area (Å²) >= 11 is 0. The third kappa shape index (κ3) is 3.80. The second-order valence-corrected chi connectivity index (χ2v) is 6.99. The van der Waals surface area contributed by atoms with E-state index in [2.05, 4.69) is 25.0 Å². The number of pyridine rings is 2. The lowest BCUT2D eigenvalue weighted by Gasteiger charge is -2.31. The van der Waals surface area contributed by atoms with Crippen molar-refractivity contribution in [2.24, 2.45) is 0 Å². The van der Waals surface area contributed by atoms with Crippen molar-refractivity contribution in [2.45, 2.75) is 6.10 Å². The maximum Gasteiger partial charge on any atom is 0.291 e. The van der Waals surface area contributed by atoms with E-state index in [9.17, 15) is 4.79 Å². The number of methoxy groups -OCH3 is 1. The number of hydrogen-bond acceptors (Lipinski definition) is 8. The third-order valence-electron chi connectivity index (χ3n) is 5.04. The normalized spacial score (nSPS) is 16.4. The number of carbonyl (C=O) groups is 1. The van der Waals surface area contributed by atoms with Gasteiger partial charge in [0.15, 0.2) is 17.2 Å². The van der Waals surface area contributed by atoms with Crippen LogP contribution in [0.25, 0.3) is 16.8 Å². The van der Waals surface area contributed by atoms with Gasteiger partial charge in [-0.2, -0.15) is 0 Å². The number of hydrogen-bond donors (Lipinski definition) is 0. The van der Waals surface area contributed by atoms with E-state index in [1.807, 2.05) is 30.5 Å². The molecule has 10 heteroatoms. The van der Waals surface area contributed by atoms with Crippen molar-refractivity contribution >= 4 is 11.6 Å². The molecule has 1 fully saturated rings. The van der Waals surface area contributed by atoms with Gasteiger partial charge >= 0.3 is 0 Å². The summed E-state index contributed by atoms with van der Waals surface area (Å²) in [4.78, 5) is 31.4. The molecule has 4 aromatic rings. The highest BCUT2D eigenvalue weighted by Gasteiger charge is 2.30. The topological polar surface area (TPSA) is 108 Å². The van der Waals surface area contributed by atoms with Crippen LogP contribution in [0.15, 0.2) is 55.2 Å². The second kappa shape index (κ2) is 8.07. The molecule has 5 rings (SSSR count). The smallest absolute Gasteiger partial charge is 0.291 e. The minimum atomic E-state index is -0.433. The van der Waals surface area contributed by atoms with E-state index in [-0.39, 0.29) is 11.7 Å². The van der Waals surface area contributed by atoms with Crippen LogP contribution in [0.5, 0.6) is 5.75 Å². The average molecular weight is 417 g/mol. The van der Waals surface area contributed by atoms with E-state index in [4.69, 9.17) is 9.47 Å². The Morgan fingerprint density at radius 1 is 1.16 bits per heavy atom. The molecule has 31 heavy (non-hydrogen) atoms. The van der Waals surface area contributed by atoms with Gasteiger partial charge in [-0.1, -0.05) is 6.07 Å². The number of nitrogens with zero attached hydrogens (tertiary/aromatic N) is 7. The van der Waals surface area contributed by atoms with Crippen molar-refractivity contribution in [1.29, 1.82) is 0 Å². The Bertz CT molecular complexity index is 1210. The molecule has 156 valence electrons. The molecule has 1 saturated heterocycles.